The summed E-state index contributed by atoms with van der Waals surface area (Å²) in [5.41, 5.74) is 0. The number of carbonyl (C=O) groups excluding carboxylic acids is 1. The molecule has 0 aromatic heterocycles. The van der Waals surface area contributed by atoms with Crippen molar-refractivity contribution in [3.63, 3.8) is 0 Å². The van der Waals surface area contributed by atoms with Crippen LogP contribution in [0.25, 0.3) is 10.8 Å². The highest BCUT2D eigenvalue weighted by Gasteiger charge is 2.47. The summed E-state index contributed by atoms with van der Waals surface area (Å²) in [7, 11) is 0. The molecule has 2 aliphatic rings. The summed E-state index contributed by atoms with van der Waals surface area (Å²) in [6.07, 6.45) is -1.26. The number of carbonyl (C=O) groups is 1. The van der Waals surface area contributed by atoms with E-state index in [0.717, 1.165) is 10.8 Å². The van der Waals surface area contributed by atoms with Crippen LogP contribution in [0.15, 0.2) is 42.5 Å². The van der Waals surface area contributed by atoms with Crippen LogP contribution in [0.2, 0.25) is 0 Å². The van der Waals surface area contributed by atoms with Gasteiger partial charge in [0.1, 0.15) is 24.1 Å². The molecule has 2 heterocycles. The van der Waals surface area contributed by atoms with E-state index in [9.17, 15) is 9.90 Å². The summed E-state index contributed by atoms with van der Waals surface area (Å²) in [5.74, 6) is 0.416. The standard InChI is InChI=1S/C18H19NO5/c20-15-9-24-17-14(8-23-18(15)17)19-16(21)10-22-13-6-5-11-3-1-2-4-12(11)7-13/h1-7,14-15,17-18,20H,8-10H2,(H,19,21)/t14-,15-,17-,18-/m1/s1. The SMILES string of the molecule is O=C(COc1ccc2ccccc2c1)N[C@@H]1CO[C@H]2[C@@H]1OC[C@H]2O. The van der Waals surface area contributed by atoms with Crippen molar-refractivity contribution >= 4 is 16.7 Å². The average Bonchev–Trinajstić information content (AvgIpc) is 3.17. The third-order valence-corrected chi connectivity index (χ3v) is 4.46. The number of fused-ring (bicyclic) bond motifs is 2. The van der Waals surface area contributed by atoms with Crippen molar-refractivity contribution in [3.05, 3.63) is 42.5 Å². The van der Waals surface area contributed by atoms with Crippen molar-refractivity contribution in [3.8, 4) is 5.75 Å². The minimum Gasteiger partial charge on any atom is -0.484 e. The highest BCUT2D eigenvalue weighted by molar-refractivity contribution is 5.84. The summed E-state index contributed by atoms with van der Waals surface area (Å²) >= 11 is 0. The highest BCUT2D eigenvalue weighted by atomic mass is 16.6. The molecule has 126 valence electrons. The Hall–Kier alpha value is -2.15. The van der Waals surface area contributed by atoms with E-state index in [2.05, 4.69) is 5.32 Å². The Morgan fingerprint density at radius 2 is 1.92 bits per heavy atom. The molecule has 2 saturated heterocycles. The number of rotatable bonds is 4. The van der Waals surface area contributed by atoms with E-state index >= 15 is 0 Å². The van der Waals surface area contributed by atoms with Crippen LogP contribution >= 0.6 is 0 Å². The fourth-order valence-corrected chi connectivity index (χ4v) is 3.26. The molecule has 2 fully saturated rings. The van der Waals surface area contributed by atoms with E-state index in [-0.39, 0.29) is 37.4 Å². The van der Waals surface area contributed by atoms with Gasteiger partial charge >= 0.3 is 0 Å². The van der Waals surface area contributed by atoms with Gasteiger partial charge in [0.05, 0.1) is 19.3 Å². The lowest BCUT2D eigenvalue weighted by Gasteiger charge is -2.17. The summed E-state index contributed by atoms with van der Waals surface area (Å²) in [5, 5.41) is 14.7. The van der Waals surface area contributed by atoms with Gasteiger partial charge in [0, 0.05) is 0 Å². The monoisotopic (exact) mass is 329 g/mol. The largest absolute Gasteiger partial charge is 0.484 e. The number of aliphatic hydroxyl groups is 1. The number of amides is 1. The first-order valence-electron chi connectivity index (χ1n) is 8.03. The fourth-order valence-electron chi connectivity index (χ4n) is 3.26. The number of hydrogen-bond acceptors (Lipinski definition) is 5. The third kappa shape index (κ3) is 2.96. The Labute approximate surface area is 139 Å². The first-order valence-corrected chi connectivity index (χ1v) is 8.03. The molecule has 2 aromatic rings. The molecule has 6 nitrogen and oxygen atoms in total. The molecule has 6 heteroatoms. The molecule has 4 atom stereocenters. The molecular formula is C18H19NO5. The number of hydrogen-bond donors (Lipinski definition) is 2. The summed E-state index contributed by atoms with van der Waals surface area (Å²) < 4.78 is 16.5. The zero-order valence-corrected chi connectivity index (χ0v) is 13.1. The normalized spacial score (nSPS) is 28.7. The first-order chi connectivity index (χ1) is 11.7. The van der Waals surface area contributed by atoms with E-state index in [1.807, 2.05) is 42.5 Å². The Bertz CT molecular complexity index is 749. The second-order valence-corrected chi connectivity index (χ2v) is 6.13. The maximum absolute atomic E-state index is 12.1. The van der Waals surface area contributed by atoms with Gasteiger partial charge in [-0.3, -0.25) is 4.79 Å². The highest BCUT2D eigenvalue weighted by Crippen LogP contribution is 2.27. The molecule has 0 bridgehead atoms. The molecular weight excluding hydrogens is 310 g/mol. The Balaban J connectivity index is 1.33. The van der Waals surface area contributed by atoms with Gasteiger partial charge in [-0.1, -0.05) is 30.3 Å². The van der Waals surface area contributed by atoms with E-state index in [1.54, 1.807) is 0 Å². The van der Waals surface area contributed by atoms with Gasteiger partial charge in [-0.15, -0.1) is 0 Å². The third-order valence-electron chi connectivity index (χ3n) is 4.46. The van der Waals surface area contributed by atoms with Crippen LogP contribution in [0.5, 0.6) is 5.75 Å². The second-order valence-electron chi connectivity index (χ2n) is 6.13. The average molecular weight is 329 g/mol. The van der Waals surface area contributed by atoms with Crippen LogP contribution in [0.1, 0.15) is 0 Å². The van der Waals surface area contributed by atoms with E-state index < -0.39 is 6.10 Å². The molecule has 0 unspecified atom stereocenters. The maximum atomic E-state index is 12.1. The van der Waals surface area contributed by atoms with Gasteiger partial charge in [-0.2, -0.15) is 0 Å². The van der Waals surface area contributed by atoms with E-state index in [4.69, 9.17) is 14.2 Å². The van der Waals surface area contributed by atoms with Crippen molar-refractivity contribution in [2.75, 3.05) is 19.8 Å². The number of benzene rings is 2. The number of aliphatic hydroxyl groups excluding tert-OH is 1. The van der Waals surface area contributed by atoms with E-state index in [0.29, 0.717) is 12.4 Å². The molecule has 4 rings (SSSR count). The number of ether oxygens (including phenoxy) is 3. The summed E-state index contributed by atoms with van der Waals surface area (Å²) in [6, 6.07) is 13.4. The molecule has 24 heavy (non-hydrogen) atoms. The predicted octanol–water partition coefficient (Wildman–Crippen LogP) is 0.862. The van der Waals surface area contributed by atoms with Crippen molar-refractivity contribution in [2.45, 2.75) is 24.4 Å². The van der Waals surface area contributed by atoms with Crippen LogP contribution < -0.4 is 10.1 Å². The molecule has 2 aliphatic heterocycles. The molecule has 1 amide bonds. The molecule has 0 radical (unpaired) electrons. The van der Waals surface area contributed by atoms with Gasteiger partial charge in [0.25, 0.3) is 5.91 Å². The number of nitrogens with one attached hydrogen (secondary N) is 1. The van der Waals surface area contributed by atoms with Gasteiger partial charge < -0.3 is 24.6 Å². The molecule has 2 aromatic carbocycles. The van der Waals surface area contributed by atoms with Gasteiger partial charge in [-0.25, -0.2) is 0 Å². The zero-order chi connectivity index (χ0) is 16.5. The van der Waals surface area contributed by atoms with E-state index in [1.165, 1.54) is 0 Å². The summed E-state index contributed by atoms with van der Waals surface area (Å²) in [4.78, 5) is 12.1. The van der Waals surface area contributed by atoms with Crippen LogP contribution in [0.3, 0.4) is 0 Å². The minimum absolute atomic E-state index is 0.0746. The fraction of sp³-hybridized carbons (Fsp3) is 0.389. The topological polar surface area (TPSA) is 77.0 Å². The molecule has 2 N–H and O–H groups in total. The summed E-state index contributed by atoms with van der Waals surface area (Å²) in [6.45, 7) is 0.512. The van der Waals surface area contributed by atoms with Crippen molar-refractivity contribution < 1.29 is 24.1 Å². The van der Waals surface area contributed by atoms with Crippen LogP contribution in [0, 0.1) is 0 Å². The molecule has 0 aliphatic carbocycles. The Morgan fingerprint density at radius 1 is 1.12 bits per heavy atom. The first kappa shape index (κ1) is 15.4. The van der Waals surface area contributed by atoms with Crippen molar-refractivity contribution in [2.24, 2.45) is 0 Å². The van der Waals surface area contributed by atoms with Gasteiger partial charge in [0.15, 0.2) is 6.61 Å². The Kier molecular flexibility index (Phi) is 4.10. The van der Waals surface area contributed by atoms with Crippen LogP contribution in [0.4, 0.5) is 0 Å². The molecule has 0 spiro atoms. The zero-order valence-electron chi connectivity index (χ0n) is 13.1. The van der Waals surface area contributed by atoms with Gasteiger partial charge in [-0.05, 0) is 22.9 Å². The lowest BCUT2D eigenvalue weighted by molar-refractivity contribution is -0.124. The van der Waals surface area contributed by atoms with Crippen LogP contribution in [-0.2, 0) is 14.3 Å². The minimum atomic E-state index is -0.620. The quantitative estimate of drug-likeness (QED) is 0.870. The van der Waals surface area contributed by atoms with Crippen LogP contribution in [-0.4, -0.2) is 55.2 Å². The second kappa shape index (κ2) is 6.39. The lowest BCUT2D eigenvalue weighted by Crippen LogP contribution is -2.45. The van der Waals surface area contributed by atoms with Gasteiger partial charge in [0.2, 0.25) is 0 Å². The Morgan fingerprint density at radius 3 is 2.79 bits per heavy atom. The maximum Gasteiger partial charge on any atom is 0.258 e. The molecule has 0 saturated carbocycles. The predicted molar refractivity (Wildman–Crippen MR) is 86.9 cm³/mol. The lowest BCUT2D eigenvalue weighted by atomic mass is 10.1. The smallest absolute Gasteiger partial charge is 0.258 e. The van der Waals surface area contributed by atoms with Crippen molar-refractivity contribution in [1.29, 1.82) is 0 Å². The van der Waals surface area contributed by atoms with Crippen molar-refractivity contribution in [1.82, 2.24) is 5.32 Å².